The Bertz CT molecular complexity index is 308. The quantitative estimate of drug-likeness (QED) is 0.590. The van der Waals surface area contributed by atoms with E-state index < -0.39 is 6.03 Å². The summed E-state index contributed by atoms with van der Waals surface area (Å²) in [6, 6.07) is 1.60. The number of carbonyl (C=O) groups excluding carboxylic acids is 1. The summed E-state index contributed by atoms with van der Waals surface area (Å²) in [6.07, 6.45) is 4.16. The molecule has 1 rings (SSSR count). The van der Waals surface area contributed by atoms with Crippen LogP contribution in [0.4, 0.5) is 4.79 Å². The Labute approximate surface area is 89.6 Å². The van der Waals surface area contributed by atoms with Crippen LogP contribution >= 0.6 is 0 Å². The number of hydrogen-bond acceptors (Lipinski definition) is 2. The van der Waals surface area contributed by atoms with E-state index in [0.29, 0.717) is 6.54 Å². The number of carbonyl (C=O) groups is 1. The molecule has 0 saturated heterocycles. The van der Waals surface area contributed by atoms with E-state index in [1.54, 1.807) is 0 Å². The van der Waals surface area contributed by atoms with Crippen LogP contribution in [0.1, 0.15) is 12.5 Å². The van der Waals surface area contributed by atoms with Crippen molar-refractivity contribution < 1.29 is 4.79 Å². The van der Waals surface area contributed by atoms with E-state index in [0.717, 1.165) is 19.6 Å². The van der Waals surface area contributed by atoms with Crippen molar-refractivity contribution in [1.82, 2.24) is 15.2 Å². The van der Waals surface area contributed by atoms with Gasteiger partial charge in [-0.25, -0.2) is 4.79 Å². The van der Waals surface area contributed by atoms with E-state index in [1.165, 1.54) is 5.56 Å². The Balaban J connectivity index is 2.12. The number of hydrogen-bond donors (Lipinski definition) is 3. The summed E-state index contributed by atoms with van der Waals surface area (Å²) in [4.78, 5) is 10.4. The van der Waals surface area contributed by atoms with Crippen molar-refractivity contribution in [2.75, 3.05) is 13.1 Å². The SMILES string of the molecule is CCn1ccc(CNCCNC(N)=O)c1. The molecule has 15 heavy (non-hydrogen) atoms. The molecule has 84 valence electrons. The van der Waals surface area contributed by atoms with E-state index in [-0.39, 0.29) is 0 Å². The third-order valence-electron chi connectivity index (χ3n) is 2.11. The van der Waals surface area contributed by atoms with Crippen molar-refractivity contribution in [2.45, 2.75) is 20.0 Å². The van der Waals surface area contributed by atoms with Crippen LogP contribution < -0.4 is 16.4 Å². The summed E-state index contributed by atoms with van der Waals surface area (Å²) in [5, 5.41) is 5.73. The summed E-state index contributed by atoms with van der Waals surface area (Å²) >= 11 is 0. The Morgan fingerprint density at radius 3 is 2.93 bits per heavy atom. The number of aryl methyl sites for hydroxylation is 1. The lowest BCUT2D eigenvalue weighted by Gasteiger charge is -2.03. The van der Waals surface area contributed by atoms with Crippen LogP contribution in [0.2, 0.25) is 0 Å². The van der Waals surface area contributed by atoms with Crippen LogP contribution in [-0.4, -0.2) is 23.7 Å². The molecule has 1 heterocycles. The largest absolute Gasteiger partial charge is 0.354 e. The second kappa shape index (κ2) is 6.08. The molecule has 0 atom stereocenters. The van der Waals surface area contributed by atoms with Crippen molar-refractivity contribution in [3.8, 4) is 0 Å². The summed E-state index contributed by atoms with van der Waals surface area (Å²) < 4.78 is 2.12. The highest BCUT2D eigenvalue weighted by atomic mass is 16.2. The molecule has 0 aliphatic heterocycles. The van der Waals surface area contributed by atoms with Crippen molar-refractivity contribution in [2.24, 2.45) is 5.73 Å². The van der Waals surface area contributed by atoms with Gasteiger partial charge in [0.25, 0.3) is 0 Å². The molecule has 4 N–H and O–H groups in total. The first-order valence-electron chi connectivity index (χ1n) is 5.11. The minimum absolute atomic E-state index is 0.478. The van der Waals surface area contributed by atoms with Gasteiger partial charge >= 0.3 is 6.03 Å². The lowest BCUT2D eigenvalue weighted by molar-refractivity contribution is 0.249. The second-order valence-corrected chi connectivity index (χ2v) is 3.32. The Kier molecular flexibility index (Phi) is 4.70. The minimum Gasteiger partial charge on any atom is -0.354 e. The Morgan fingerprint density at radius 2 is 2.33 bits per heavy atom. The smallest absolute Gasteiger partial charge is 0.312 e. The van der Waals surface area contributed by atoms with Gasteiger partial charge < -0.3 is 20.9 Å². The van der Waals surface area contributed by atoms with Crippen molar-refractivity contribution in [3.63, 3.8) is 0 Å². The van der Waals surface area contributed by atoms with E-state index >= 15 is 0 Å². The summed E-state index contributed by atoms with van der Waals surface area (Å²) in [5.41, 5.74) is 6.17. The van der Waals surface area contributed by atoms with Crippen LogP contribution in [0.25, 0.3) is 0 Å². The van der Waals surface area contributed by atoms with Crippen LogP contribution in [0.3, 0.4) is 0 Å². The predicted octanol–water partition coefficient (Wildman–Crippen LogP) is 0.266. The fourth-order valence-corrected chi connectivity index (χ4v) is 1.30. The van der Waals surface area contributed by atoms with E-state index in [9.17, 15) is 4.79 Å². The molecule has 0 unspecified atom stereocenters. The van der Waals surface area contributed by atoms with Crippen molar-refractivity contribution >= 4 is 6.03 Å². The third-order valence-corrected chi connectivity index (χ3v) is 2.11. The molecule has 1 aromatic rings. The Hall–Kier alpha value is -1.49. The standard InChI is InChI=1S/C10H18N4O/c1-2-14-6-3-9(8-14)7-12-4-5-13-10(11)15/h3,6,8,12H,2,4-5,7H2,1H3,(H3,11,13,15). The first-order valence-corrected chi connectivity index (χ1v) is 5.11. The fourth-order valence-electron chi connectivity index (χ4n) is 1.30. The average Bonchev–Trinajstić information content (AvgIpc) is 2.65. The minimum atomic E-state index is -0.478. The van der Waals surface area contributed by atoms with Crippen molar-refractivity contribution in [3.05, 3.63) is 24.0 Å². The summed E-state index contributed by atoms with van der Waals surface area (Å²) in [6.45, 7) is 5.19. The van der Waals surface area contributed by atoms with Crippen LogP contribution in [-0.2, 0) is 13.1 Å². The lowest BCUT2D eigenvalue weighted by Crippen LogP contribution is -2.35. The molecule has 0 aliphatic carbocycles. The number of nitrogens with zero attached hydrogens (tertiary/aromatic N) is 1. The molecule has 1 aromatic heterocycles. The van der Waals surface area contributed by atoms with Crippen LogP contribution in [0, 0.1) is 0 Å². The van der Waals surface area contributed by atoms with Gasteiger partial charge in [-0.15, -0.1) is 0 Å². The zero-order valence-corrected chi connectivity index (χ0v) is 8.99. The first-order chi connectivity index (χ1) is 7.22. The second-order valence-electron chi connectivity index (χ2n) is 3.32. The molecular weight excluding hydrogens is 192 g/mol. The molecule has 0 fully saturated rings. The molecule has 0 aliphatic rings. The summed E-state index contributed by atoms with van der Waals surface area (Å²) in [7, 11) is 0. The average molecular weight is 210 g/mol. The molecule has 5 nitrogen and oxygen atoms in total. The van der Waals surface area contributed by atoms with Gasteiger partial charge in [-0.3, -0.25) is 0 Å². The van der Waals surface area contributed by atoms with Crippen LogP contribution in [0.5, 0.6) is 0 Å². The number of rotatable bonds is 6. The lowest BCUT2D eigenvalue weighted by atomic mass is 10.3. The number of amides is 2. The number of aromatic nitrogens is 1. The predicted molar refractivity (Wildman–Crippen MR) is 59.4 cm³/mol. The molecule has 2 amide bonds. The van der Waals surface area contributed by atoms with Gasteiger partial charge in [0.2, 0.25) is 0 Å². The third kappa shape index (κ3) is 4.51. The van der Waals surface area contributed by atoms with Crippen molar-refractivity contribution in [1.29, 1.82) is 0 Å². The van der Waals surface area contributed by atoms with Gasteiger partial charge in [0.1, 0.15) is 0 Å². The maximum absolute atomic E-state index is 10.4. The van der Waals surface area contributed by atoms with Crippen LogP contribution in [0.15, 0.2) is 18.5 Å². The van der Waals surface area contributed by atoms with Gasteiger partial charge in [0.15, 0.2) is 0 Å². The van der Waals surface area contributed by atoms with E-state index in [1.807, 2.05) is 0 Å². The van der Waals surface area contributed by atoms with E-state index in [4.69, 9.17) is 5.73 Å². The zero-order chi connectivity index (χ0) is 11.1. The normalized spacial score (nSPS) is 10.2. The molecule has 5 heteroatoms. The molecular formula is C10H18N4O. The number of primary amides is 1. The summed E-state index contributed by atoms with van der Waals surface area (Å²) in [5.74, 6) is 0. The molecule has 0 aromatic carbocycles. The molecule has 0 saturated carbocycles. The number of nitrogens with one attached hydrogen (secondary N) is 2. The first kappa shape index (κ1) is 11.6. The number of nitrogens with two attached hydrogens (primary N) is 1. The van der Waals surface area contributed by atoms with Gasteiger partial charge in [-0.05, 0) is 18.6 Å². The maximum atomic E-state index is 10.4. The maximum Gasteiger partial charge on any atom is 0.312 e. The van der Waals surface area contributed by atoms with E-state index in [2.05, 4.69) is 40.6 Å². The zero-order valence-electron chi connectivity index (χ0n) is 8.99. The fraction of sp³-hybridized carbons (Fsp3) is 0.500. The van der Waals surface area contributed by atoms with Gasteiger partial charge in [-0.1, -0.05) is 0 Å². The topological polar surface area (TPSA) is 72.1 Å². The van der Waals surface area contributed by atoms with Gasteiger partial charge in [0.05, 0.1) is 0 Å². The highest BCUT2D eigenvalue weighted by Gasteiger charge is 1.95. The van der Waals surface area contributed by atoms with Gasteiger partial charge in [0, 0.05) is 38.6 Å². The highest BCUT2D eigenvalue weighted by Crippen LogP contribution is 1.99. The highest BCUT2D eigenvalue weighted by molar-refractivity contribution is 5.71. The molecule has 0 bridgehead atoms. The monoisotopic (exact) mass is 210 g/mol. The molecule has 0 radical (unpaired) electrons. The number of urea groups is 1. The van der Waals surface area contributed by atoms with Gasteiger partial charge in [-0.2, -0.15) is 0 Å². The molecule has 0 spiro atoms. The Morgan fingerprint density at radius 1 is 1.53 bits per heavy atom.